The Bertz CT molecular complexity index is 529. The first-order valence-electron chi connectivity index (χ1n) is 7.09. The molecule has 2 heterocycles. The molecule has 20 heavy (non-hydrogen) atoms. The lowest BCUT2D eigenvalue weighted by Crippen LogP contribution is -2.35. The van der Waals surface area contributed by atoms with Crippen molar-refractivity contribution in [3.63, 3.8) is 0 Å². The highest BCUT2D eigenvalue weighted by atomic mass is 32.2. The Kier molecular flexibility index (Phi) is 5.11. The first-order chi connectivity index (χ1) is 9.55. The first kappa shape index (κ1) is 15.4. The zero-order valence-electron chi connectivity index (χ0n) is 12.0. The van der Waals surface area contributed by atoms with Crippen LogP contribution in [-0.4, -0.2) is 48.8 Å². The van der Waals surface area contributed by atoms with Crippen LogP contribution in [0, 0.1) is 0 Å². The average Bonchev–Trinajstić information content (AvgIpc) is 3.06. The fraction of sp³-hybridized carbons (Fsp3) is 0.833. The monoisotopic (exact) mass is 302 g/mol. The fourth-order valence-corrected chi connectivity index (χ4v) is 2.99. The number of aromatic nitrogens is 2. The molecule has 1 aliphatic heterocycles. The summed E-state index contributed by atoms with van der Waals surface area (Å²) in [5, 5.41) is 4.03. The number of nitrogens with zero attached hydrogens (tertiary/aromatic N) is 3. The van der Waals surface area contributed by atoms with E-state index in [0.717, 1.165) is 31.6 Å². The van der Waals surface area contributed by atoms with E-state index in [1.54, 1.807) is 6.92 Å². The van der Waals surface area contributed by atoms with Crippen LogP contribution in [0.15, 0.2) is 4.52 Å². The van der Waals surface area contributed by atoms with Crippen LogP contribution in [0.1, 0.15) is 44.4 Å². The van der Waals surface area contributed by atoms with E-state index in [1.165, 1.54) is 0 Å². The van der Waals surface area contributed by atoms with Gasteiger partial charge in [0.25, 0.3) is 0 Å². The van der Waals surface area contributed by atoms with Crippen molar-refractivity contribution in [2.45, 2.75) is 39.2 Å². The molecule has 8 heteroatoms. The van der Waals surface area contributed by atoms with Gasteiger partial charge in [0.05, 0.1) is 11.8 Å². The summed E-state index contributed by atoms with van der Waals surface area (Å²) in [5.74, 6) is 1.48. The van der Waals surface area contributed by atoms with E-state index in [4.69, 9.17) is 4.52 Å². The van der Waals surface area contributed by atoms with Gasteiger partial charge in [-0.25, -0.2) is 13.1 Å². The Hall–Kier alpha value is -0.990. The molecule has 1 atom stereocenters. The van der Waals surface area contributed by atoms with Crippen LogP contribution >= 0.6 is 0 Å². The van der Waals surface area contributed by atoms with Gasteiger partial charge >= 0.3 is 0 Å². The second-order valence-corrected chi connectivity index (χ2v) is 6.99. The third kappa shape index (κ3) is 3.77. The lowest BCUT2D eigenvalue weighted by molar-refractivity contribution is 0.246. The molecule has 7 nitrogen and oxygen atoms in total. The zero-order chi connectivity index (χ0) is 14.6. The molecule has 1 N–H and O–H groups in total. The molecular formula is C12H22N4O3S. The van der Waals surface area contributed by atoms with Gasteiger partial charge in [-0.3, -0.25) is 4.90 Å². The Morgan fingerprint density at radius 1 is 1.45 bits per heavy atom. The van der Waals surface area contributed by atoms with E-state index < -0.39 is 10.0 Å². The number of sulfonamides is 1. The van der Waals surface area contributed by atoms with Crippen molar-refractivity contribution in [1.29, 1.82) is 0 Å². The molecule has 1 saturated heterocycles. The molecule has 0 aromatic carbocycles. The molecule has 2 rings (SSSR count). The summed E-state index contributed by atoms with van der Waals surface area (Å²) in [6.45, 7) is 5.63. The van der Waals surface area contributed by atoms with Gasteiger partial charge in [-0.1, -0.05) is 12.1 Å². The third-order valence-electron chi connectivity index (χ3n) is 3.55. The van der Waals surface area contributed by atoms with Gasteiger partial charge in [0, 0.05) is 19.5 Å². The molecule has 1 aromatic heterocycles. The Balaban J connectivity index is 1.91. The van der Waals surface area contributed by atoms with Crippen LogP contribution < -0.4 is 4.72 Å². The number of likely N-dealkylation sites (tertiary alicyclic amines) is 1. The SMILES string of the molecule is CCc1nc(C2CCCN2CCNS(=O)(=O)CC)no1. The van der Waals surface area contributed by atoms with E-state index in [0.29, 0.717) is 19.0 Å². The van der Waals surface area contributed by atoms with Crippen molar-refractivity contribution >= 4 is 10.0 Å². The van der Waals surface area contributed by atoms with E-state index in [9.17, 15) is 8.42 Å². The molecule has 0 bridgehead atoms. The van der Waals surface area contributed by atoms with Gasteiger partial charge in [0.1, 0.15) is 0 Å². The quantitative estimate of drug-likeness (QED) is 0.798. The Morgan fingerprint density at radius 3 is 2.90 bits per heavy atom. The van der Waals surface area contributed by atoms with Gasteiger partial charge < -0.3 is 4.52 Å². The van der Waals surface area contributed by atoms with E-state index in [-0.39, 0.29) is 11.8 Å². The summed E-state index contributed by atoms with van der Waals surface area (Å²) in [6.07, 6.45) is 2.79. The molecule has 0 saturated carbocycles. The number of hydrogen-bond donors (Lipinski definition) is 1. The van der Waals surface area contributed by atoms with E-state index >= 15 is 0 Å². The minimum atomic E-state index is -3.12. The van der Waals surface area contributed by atoms with Crippen LogP contribution in [0.25, 0.3) is 0 Å². The van der Waals surface area contributed by atoms with Gasteiger partial charge in [-0.15, -0.1) is 0 Å². The highest BCUT2D eigenvalue weighted by molar-refractivity contribution is 7.89. The summed E-state index contributed by atoms with van der Waals surface area (Å²) in [5.41, 5.74) is 0. The lowest BCUT2D eigenvalue weighted by Gasteiger charge is -2.21. The summed E-state index contributed by atoms with van der Waals surface area (Å²) < 4.78 is 30.5. The summed E-state index contributed by atoms with van der Waals surface area (Å²) in [4.78, 5) is 6.59. The van der Waals surface area contributed by atoms with Gasteiger partial charge in [-0.05, 0) is 26.3 Å². The molecule has 0 spiro atoms. The molecule has 1 fully saturated rings. The number of aryl methyl sites for hydroxylation is 1. The Morgan fingerprint density at radius 2 is 2.25 bits per heavy atom. The van der Waals surface area contributed by atoms with E-state index in [1.807, 2.05) is 6.92 Å². The molecule has 1 unspecified atom stereocenters. The van der Waals surface area contributed by atoms with Gasteiger partial charge in [-0.2, -0.15) is 4.98 Å². The summed E-state index contributed by atoms with van der Waals surface area (Å²) in [7, 11) is -3.12. The number of nitrogens with one attached hydrogen (secondary N) is 1. The second kappa shape index (κ2) is 6.64. The third-order valence-corrected chi connectivity index (χ3v) is 4.95. The van der Waals surface area contributed by atoms with Gasteiger partial charge in [0.2, 0.25) is 15.9 Å². The molecule has 0 aliphatic carbocycles. The van der Waals surface area contributed by atoms with E-state index in [2.05, 4.69) is 19.8 Å². The molecule has 114 valence electrons. The molecule has 0 radical (unpaired) electrons. The highest BCUT2D eigenvalue weighted by Crippen LogP contribution is 2.29. The van der Waals surface area contributed by atoms with Crippen molar-refractivity contribution < 1.29 is 12.9 Å². The number of rotatable bonds is 7. The fourth-order valence-electron chi connectivity index (χ4n) is 2.38. The Labute approximate surface area is 119 Å². The van der Waals surface area contributed by atoms with Crippen molar-refractivity contribution in [1.82, 2.24) is 19.8 Å². The van der Waals surface area contributed by atoms with Crippen molar-refractivity contribution in [2.24, 2.45) is 0 Å². The number of hydrogen-bond acceptors (Lipinski definition) is 6. The maximum atomic E-state index is 11.4. The highest BCUT2D eigenvalue weighted by Gasteiger charge is 2.29. The predicted octanol–water partition coefficient (Wildman–Crippen LogP) is 0.708. The van der Waals surface area contributed by atoms with Crippen LogP contribution in [0.5, 0.6) is 0 Å². The minimum Gasteiger partial charge on any atom is -0.339 e. The average molecular weight is 302 g/mol. The lowest BCUT2D eigenvalue weighted by atomic mass is 10.2. The van der Waals surface area contributed by atoms with Crippen LogP contribution in [-0.2, 0) is 16.4 Å². The maximum Gasteiger partial charge on any atom is 0.226 e. The molecular weight excluding hydrogens is 280 g/mol. The normalized spacial score (nSPS) is 20.6. The molecule has 0 amide bonds. The van der Waals surface area contributed by atoms with Crippen LogP contribution in [0.4, 0.5) is 0 Å². The predicted molar refractivity (Wildman–Crippen MR) is 74.7 cm³/mol. The topological polar surface area (TPSA) is 88.3 Å². The second-order valence-electron chi connectivity index (χ2n) is 4.89. The maximum absolute atomic E-state index is 11.4. The summed E-state index contributed by atoms with van der Waals surface area (Å²) >= 11 is 0. The van der Waals surface area contributed by atoms with Crippen LogP contribution in [0.3, 0.4) is 0 Å². The van der Waals surface area contributed by atoms with Crippen molar-refractivity contribution in [3.05, 3.63) is 11.7 Å². The smallest absolute Gasteiger partial charge is 0.226 e. The van der Waals surface area contributed by atoms with Crippen molar-refractivity contribution in [2.75, 3.05) is 25.4 Å². The summed E-state index contributed by atoms with van der Waals surface area (Å²) in [6, 6.07) is 0.144. The standard InChI is InChI=1S/C12H22N4O3S/c1-3-11-14-12(15-19-11)10-6-5-8-16(10)9-7-13-20(17,18)4-2/h10,13H,3-9H2,1-2H3. The molecule has 1 aromatic rings. The largest absolute Gasteiger partial charge is 0.339 e. The van der Waals surface area contributed by atoms with Gasteiger partial charge in [0.15, 0.2) is 5.82 Å². The van der Waals surface area contributed by atoms with Crippen molar-refractivity contribution in [3.8, 4) is 0 Å². The zero-order valence-corrected chi connectivity index (χ0v) is 12.8. The molecule has 1 aliphatic rings. The minimum absolute atomic E-state index is 0.112. The first-order valence-corrected chi connectivity index (χ1v) is 8.74. The van der Waals surface area contributed by atoms with Crippen LogP contribution in [0.2, 0.25) is 0 Å².